The Morgan fingerprint density at radius 3 is 2.84 bits per heavy atom. The van der Waals surface area contributed by atoms with Gasteiger partial charge in [0.15, 0.2) is 0 Å². The molecule has 100 valence electrons. The molecule has 1 unspecified atom stereocenters. The van der Waals surface area contributed by atoms with Crippen LogP contribution in [0.2, 0.25) is 0 Å². The number of rotatable bonds is 4. The Morgan fingerprint density at radius 1 is 1.53 bits per heavy atom. The number of hydrogen-bond acceptors (Lipinski definition) is 4. The zero-order chi connectivity index (χ0) is 14.0. The lowest BCUT2D eigenvalue weighted by Gasteiger charge is -2.14. The van der Waals surface area contributed by atoms with Gasteiger partial charge in [-0.3, -0.25) is 10.1 Å². The Morgan fingerprint density at radius 2 is 2.26 bits per heavy atom. The fourth-order valence-corrected chi connectivity index (χ4v) is 2.83. The van der Waals surface area contributed by atoms with Gasteiger partial charge in [0.2, 0.25) is 0 Å². The first-order valence-corrected chi connectivity index (χ1v) is 7.38. The minimum Gasteiger partial charge on any atom is -0.372 e. The molecule has 4 nitrogen and oxygen atoms in total. The van der Waals surface area contributed by atoms with Crippen molar-refractivity contribution < 1.29 is 9.31 Å². The molecule has 0 bridgehead atoms. The molecule has 2 aromatic rings. The molecule has 1 aromatic heterocycles. The van der Waals surface area contributed by atoms with Crippen LogP contribution in [-0.2, 0) is 0 Å². The van der Waals surface area contributed by atoms with E-state index in [4.69, 9.17) is 0 Å². The van der Waals surface area contributed by atoms with Gasteiger partial charge in [-0.25, -0.2) is 4.39 Å². The fraction of sp³-hybridized carbons (Fsp3) is 0.167. The zero-order valence-electron chi connectivity index (χ0n) is 9.89. The van der Waals surface area contributed by atoms with Crippen molar-refractivity contribution in [2.75, 3.05) is 5.32 Å². The molecule has 7 heteroatoms. The van der Waals surface area contributed by atoms with Crippen molar-refractivity contribution in [2.24, 2.45) is 0 Å². The van der Waals surface area contributed by atoms with Crippen LogP contribution in [0.4, 0.5) is 15.8 Å². The number of thiophene rings is 1. The molecule has 0 saturated carbocycles. The summed E-state index contributed by atoms with van der Waals surface area (Å²) >= 11 is 3.28. The molecule has 1 aromatic carbocycles. The van der Waals surface area contributed by atoms with E-state index in [0.29, 0.717) is 0 Å². The average Bonchev–Trinajstić information content (AvgIpc) is 2.86. The second kappa shape index (κ2) is 5.83. The van der Waals surface area contributed by atoms with Gasteiger partial charge in [-0.1, -0.05) is 6.07 Å². The summed E-state index contributed by atoms with van der Waals surface area (Å²) in [5.41, 5.74) is 0.0815. The maximum atomic E-state index is 13.5. The van der Waals surface area contributed by atoms with Crippen molar-refractivity contribution in [1.82, 2.24) is 0 Å². The van der Waals surface area contributed by atoms with Crippen LogP contribution >= 0.6 is 33.9 Å². The van der Waals surface area contributed by atoms with Gasteiger partial charge in [-0.2, -0.15) is 0 Å². The van der Waals surface area contributed by atoms with Gasteiger partial charge in [0.25, 0.3) is 5.69 Å². The number of anilines is 1. The van der Waals surface area contributed by atoms with Crippen LogP contribution in [0.3, 0.4) is 0 Å². The quantitative estimate of drug-likeness (QED) is 0.471. The number of nitro benzene ring substituents is 1. The minimum atomic E-state index is -0.509. The second-order valence-electron chi connectivity index (χ2n) is 3.92. The number of halogens is 2. The van der Waals surface area contributed by atoms with Crippen LogP contribution in [0.5, 0.6) is 0 Å². The lowest BCUT2D eigenvalue weighted by molar-refractivity contribution is -0.384. The van der Waals surface area contributed by atoms with Crippen molar-refractivity contribution in [3.63, 3.8) is 0 Å². The number of nitrogens with zero attached hydrogens (tertiary/aromatic N) is 1. The summed E-state index contributed by atoms with van der Waals surface area (Å²) < 4.78 is 13.8. The molecule has 0 aliphatic carbocycles. The Labute approximate surface area is 126 Å². The molecular weight excluding hydrogens is 382 g/mol. The molecule has 1 atom stereocenters. The number of benzene rings is 1. The van der Waals surface area contributed by atoms with Crippen molar-refractivity contribution in [2.45, 2.75) is 13.0 Å². The van der Waals surface area contributed by atoms with E-state index in [1.165, 1.54) is 12.1 Å². The maximum absolute atomic E-state index is 13.5. The summed E-state index contributed by atoms with van der Waals surface area (Å²) in [6.07, 6.45) is 0. The molecule has 0 saturated heterocycles. The normalized spacial score (nSPS) is 12.2. The average molecular weight is 392 g/mol. The fourth-order valence-electron chi connectivity index (χ4n) is 1.65. The first kappa shape index (κ1) is 14.2. The highest BCUT2D eigenvalue weighted by Gasteiger charge is 2.19. The predicted molar refractivity (Wildman–Crippen MR) is 82.1 cm³/mol. The molecule has 0 fully saturated rings. The monoisotopic (exact) mass is 392 g/mol. The molecule has 0 radical (unpaired) electrons. The van der Waals surface area contributed by atoms with E-state index in [9.17, 15) is 14.5 Å². The molecule has 2 rings (SSSR count). The van der Waals surface area contributed by atoms with Gasteiger partial charge in [0.05, 0.1) is 14.5 Å². The van der Waals surface area contributed by atoms with E-state index < -0.39 is 10.7 Å². The predicted octanol–water partition coefficient (Wildman–Crippen LogP) is 4.57. The van der Waals surface area contributed by atoms with Gasteiger partial charge >= 0.3 is 0 Å². The van der Waals surface area contributed by atoms with E-state index in [2.05, 4.69) is 5.32 Å². The summed E-state index contributed by atoms with van der Waals surface area (Å²) in [6, 6.07) is 6.12. The molecule has 0 aliphatic heterocycles. The Kier molecular flexibility index (Phi) is 4.35. The van der Waals surface area contributed by atoms with Crippen molar-refractivity contribution >= 4 is 45.3 Å². The lowest BCUT2D eigenvalue weighted by Crippen LogP contribution is -2.08. The summed E-state index contributed by atoms with van der Waals surface area (Å²) in [7, 11) is 0. The third-order valence-corrected chi connectivity index (χ3v) is 4.46. The molecule has 1 N–H and O–H groups in total. The van der Waals surface area contributed by atoms with Crippen LogP contribution in [-0.4, -0.2) is 4.92 Å². The van der Waals surface area contributed by atoms with Gasteiger partial charge in [0.1, 0.15) is 11.5 Å². The summed E-state index contributed by atoms with van der Waals surface area (Å²) in [5.74, 6) is -0.466. The van der Waals surface area contributed by atoms with Crippen molar-refractivity contribution in [3.8, 4) is 0 Å². The van der Waals surface area contributed by atoms with Crippen LogP contribution < -0.4 is 5.32 Å². The standard InChI is InChI=1S/C12H10FIN2O2S/c1-7(12-3-2-4-19-12)15-10-5-8(13)9(14)6-11(10)16(17)18/h2-7,15H,1H3. The van der Waals surface area contributed by atoms with E-state index >= 15 is 0 Å². The molecule has 0 aliphatic rings. The van der Waals surface area contributed by atoms with Crippen molar-refractivity contribution in [3.05, 3.63) is 54.0 Å². The maximum Gasteiger partial charge on any atom is 0.293 e. The van der Waals surface area contributed by atoms with Crippen LogP contribution in [0.15, 0.2) is 29.6 Å². The first-order valence-electron chi connectivity index (χ1n) is 5.42. The van der Waals surface area contributed by atoms with E-state index in [-0.39, 0.29) is 21.0 Å². The van der Waals surface area contributed by atoms with Crippen LogP contribution in [0, 0.1) is 19.5 Å². The Balaban J connectivity index is 2.33. The summed E-state index contributed by atoms with van der Waals surface area (Å²) in [5, 5.41) is 15.9. The van der Waals surface area contributed by atoms with Gasteiger partial charge < -0.3 is 5.32 Å². The third kappa shape index (κ3) is 3.21. The van der Waals surface area contributed by atoms with E-state index in [1.54, 1.807) is 33.9 Å². The van der Waals surface area contributed by atoms with E-state index in [0.717, 1.165) is 4.88 Å². The molecule has 1 heterocycles. The summed E-state index contributed by atoms with van der Waals surface area (Å²) in [4.78, 5) is 11.5. The molecular formula is C12H10FIN2O2S. The molecule has 19 heavy (non-hydrogen) atoms. The van der Waals surface area contributed by atoms with Gasteiger partial charge in [0, 0.05) is 17.0 Å². The third-order valence-electron chi connectivity index (χ3n) is 2.58. The topological polar surface area (TPSA) is 55.2 Å². The van der Waals surface area contributed by atoms with E-state index in [1.807, 2.05) is 24.4 Å². The largest absolute Gasteiger partial charge is 0.372 e. The summed E-state index contributed by atoms with van der Waals surface area (Å²) in [6.45, 7) is 1.88. The van der Waals surface area contributed by atoms with Crippen LogP contribution in [0.1, 0.15) is 17.8 Å². The van der Waals surface area contributed by atoms with Gasteiger partial charge in [-0.15, -0.1) is 11.3 Å². The second-order valence-corrected chi connectivity index (χ2v) is 6.06. The lowest BCUT2D eigenvalue weighted by atomic mass is 10.2. The Hall–Kier alpha value is -1.22. The van der Waals surface area contributed by atoms with Crippen molar-refractivity contribution in [1.29, 1.82) is 0 Å². The van der Waals surface area contributed by atoms with Gasteiger partial charge in [-0.05, 0) is 41.0 Å². The molecule has 0 amide bonds. The van der Waals surface area contributed by atoms with Crippen LogP contribution in [0.25, 0.3) is 0 Å². The number of hydrogen-bond donors (Lipinski definition) is 1. The smallest absolute Gasteiger partial charge is 0.293 e. The number of nitrogens with one attached hydrogen (secondary N) is 1. The highest BCUT2D eigenvalue weighted by atomic mass is 127. The Bertz CT molecular complexity index is 604. The SMILES string of the molecule is CC(Nc1cc(F)c(I)cc1[N+](=O)[O-])c1cccs1. The highest BCUT2D eigenvalue weighted by Crippen LogP contribution is 2.32. The zero-order valence-corrected chi connectivity index (χ0v) is 12.9. The highest BCUT2D eigenvalue weighted by molar-refractivity contribution is 14.1. The molecule has 0 spiro atoms. The first-order chi connectivity index (χ1) is 8.99. The number of nitro groups is 1. The minimum absolute atomic E-state index is 0.113.